The maximum Gasteiger partial charge on any atom is 0.226 e. The van der Waals surface area contributed by atoms with E-state index in [1.807, 2.05) is 30.3 Å². The Bertz CT molecular complexity index is 868. The van der Waals surface area contributed by atoms with E-state index < -0.39 is 5.82 Å². The molecule has 1 heterocycles. The van der Waals surface area contributed by atoms with Gasteiger partial charge >= 0.3 is 0 Å². The van der Waals surface area contributed by atoms with Crippen molar-refractivity contribution in [2.75, 3.05) is 5.32 Å². The summed E-state index contributed by atoms with van der Waals surface area (Å²) in [6, 6.07) is 13.6. The summed E-state index contributed by atoms with van der Waals surface area (Å²) in [5, 5.41) is 6.57. The van der Waals surface area contributed by atoms with Crippen LogP contribution in [0.25, 0.3) is 11.4 Å². The van der Waals surface area contributed by atoms with Crippen molar-refractivity contribution in [2.45, 2.75) is 19.3 Å². The number of hydrogen-bond donors (Lipinski definition) is 1. The van der Waals surface area contributed by atoms with Crippen LogP contribution in [0.4, 0.5) is 10.1 Å². The number of rotatable bonds is 6. The van der Waals surface area contributed by atoms with E-state index in [4.69, 9.17) is 16.1 Å². The van der Waals surface area contributed by atoms with Gasteiger partial charge < -0.3 is 9.84 Å². The van der Waals surface area contributed by atoms with Crippen LogP contribution < -0.4 is 5.32 Å². The molecule has 1 amide bonds. The number of amides is 1. The number of aromatic nitrogens is 2. The fraction of sp³-hybridized carbons (Fsp3) is 0.167. The van der Waals surface area contributed by atoms with Crippen LogP contribution in [0, 0.1) is 5.82 Å². The summed E-state index contributed by atoms with van der Waals surface area (Å²) in [6.07, 6.45) is 1.33. The Labute approximate surface area is 148 Å². The maximum atomic E-state index is 13.1. The molecule has 5 nitrogen and oxygen atoms in total. The van der Waals surface area contributed by atoms with Gasteiger partial charge in [0, 0.05) is 24.1 Å². The van der Waals surface area contributed by atoms with Crippen molar-refractivity contribution >= 4 is 23.2 Å². The Hall–Kier alpha value is -2.73. The minimum absolute atomic E-state index is 0.0305. The van der Waals surface area contributed by atoms with Crippen LogP contribution in [-0.4, -0.2) is 16.0 Å². The first-order chi connectivity index (χ1) is 12.1. The molecular weight excluding hydrogens is 345 g/mol. The smallest absolute Gasteiger partial charge is 0.226 e. The summed E-state index contributed by atoms with van der Waals surface area (Å²) in [5.74, 6) is 0.299. The molecule has 1 N–H and O–H groups in total. The lowest BCUT2D eigenvalue weighted by atomic mass is 10.2. The summed E-state index contributed by atoms with van der Waals surface area (Å²) < 4.78 is 18.3. The van der Waals surface area contributed by atoms with Gasteiger partial charge in [0.05, 0.1) is 5.02 Å². The lowest BCUT2D eigenvalue weighted by molar-refractivity contribution is -0.116. The molecule has 128 valence electrons. The number of aryl methyl sites for hydroxylation is 1. The molecule has 0 fully saturated rings. The Morgan fingerprint density at radius 2 is 2.00 bits per heavy atom. The average molecular weight is 360 g/mol. The highest BCUT2D eigenvalue weighted by Gasteiger charge is 2.10. The zero-order chi connectivity index (χ0) is 17.6. The van der Waals surface area contributed by atoms with Gasteiger partial charge in [-0.05, 0) is 24.6 Å². The second-order valence-electron chi connectivity index (χ2n) is 5.41. The summed E-state index contributed by atoms with van der Waals surface area (Å²) in [7, 11) is 0. The zero-order valence-corrected chi connectivity index (χ0v) is 14.0. The van der Waals surface area contributed by atoms with E-state index >= 15 is 0 Å². The predicted molar refractivity (Wildman–Crippen MR) is 92.7 cm³/mol. The molecule has 0 aliphatic carbocycles. The molecule has 0 saturated heterocycles. The van der Waals surface area contributed by atoms with Crippen molar-refractivity contribution in [1.29, 1.82) is 0 Å². The number of nitrogens with one attached hydrogen (secondary N) is 1. The van der Waals surface area contributed by atoms with Gasteiger partial charge in [-0.2, -0.15) is 4.98 Å². The third-order valence-electron chi connectivity index (χ3n) is 3.50. The van der Waals surface area contributed by atoms with Gasteiger partial charge in [0.1, 0.15) is 5.82 Å². The van der Waals surface area contributed by atoms with E-state index in [0.29, 0.717) is 30.2 Å². The number of anilines is 1. The number of carbonyl (C=O) groups excluding carboxylic acids is 1. The fourth-order valence-corrected chi connectivity index (χ4v) is 2.44. The predicted octanol–water partition coefficient (Wildman–Crippen LogP) is 4.49. The molecule has 0 atom stereocenters. The lowest BCUT2D eigenvalue weighted by Crippen LogP contribution is -2.11. The summed E-state index contributed by atoms with van der Waals surface area (Å²) in [5.41, 5.74) is 1.34. The molecule has 0 aliphatic heterocycles. The Balaban J connectivity index is 1.48. The molecule has 3 rings (SSSR count). The topological polar surface area (TPSA) is 68.0 Å². The van der Waals surface area contributed by atoms with E-state index in [0.717, 1.165) is 5.56 Å². The van der Waals surface area contributed by atoms with E-state index in [1.54, 1.807) is 0 Å². The van der Waals surface area contributed by atoms with Crippen molar-refractivity contribution in [2.24, 2.45) is 0 Å². The molecule has 7 heteroatoms. The van der Waals surface area contributed by atoms with Gasteiger partial charge in [-0.3, -0.25) is 4.79 Å². The highest BCUT2D eigenvalue weighted by molar-refractivity contribution is 6.31. The molecule has 2 aromatic carbocycles. The van der Waals surface area contributed by atoms with E-state index in [1.165, 1.54) is 18.2 Å². The standard InChI is InChI=1S/C18H15ClFN3O2/c19-14-11-13(9-10-15(14)20)21-16(24)7-4-8-17-22-18(23-25-17)12-5-2-1-3-6-12/h1-3,5-6,9-11H,4,7-8H2,(H,21,24). The normalized spacial score (nSPS) is 10.6. The molecule has 3 aromatic rings. The number of hydrogen-bond acceptors (Lipinski definition) is 4. The lowest BCUT2D eigenvalue weighted by Gasteiger charge is -2.05. The number of halogens is 2. The molecule has 0 saturated carbocycles. The molecule has 0 aliphatic rings. The van der Waals surface area contributed by atoms with E-state index in [2.05, 4.69) is 15.5 Å². The van der Waals surface area contributed by atoms with Crippen LogP contribution in [0.2, 0.25) is 5.02 Å². The molecule has 1 aromatic heterocycles. The SMILES string of the molecule is O=C(CCCc1nc(-c2ccccc2)no1)Nc1ccc(F)c(Cl)c1. The zero-order valence-electron chi connectivity index (χ0n) is 13.2. The van der Waals surface area contributed by atoms with Crippen LogP contribution in [0.5, 0.6) is 0 Å². The fourth-order valence-electron chi connectivity index (χ4n) is 2.26. The van der Waals surface area contributed by atoms with Crippen molar-refractivity contribution in [3.05, 3.63) is 65.3 Å². The molecule has 0 spiro atoms. The Morgan fingerprint density at radius 1 is 1.20 bits per heavy atom. The Kier molecular flexibility index (Phi) is 5.40. The highest BCUT2D eigenvalue weighted by atomic mass is 35.5. The van der Waals surface area contributed by atoms with Gasteiger partial charge in [0.15, 0.2) is 0 Å². The minimum Gasteiger partial charge on any atom is -0.339 e. The quantitative estimate of drug-likeness (QED) is 0.704. The van der Waals surface area contributed by atoms with Gasteiger partial charge in [-0.25, -0.2) is 4.39 Å². The van der Waals surface area contributed by atoms with Crippen molar-refractivity contribution in [3.63, 3.8) is 0 Å². The largest absolute Gasteiger partial charge is 0.339 e. The van der Waals surface area contributed by atoms with Gasteiger partial charge in [0.25, 0.3) is 0 Å². The van der Waals surface area contributed by atoms with Crippen LogP contribution in [0.15, 0.2) is 53.1 Å². The monoisotopic (exact) mass is 359 g/mol. The second-order valence-corrected chi connectivity index (χ2v) is 5.82. The summed E-state index contributed by atoms with van der Waals surface area (Å²) in [4.78, 5) is 16.2. The molecule has 0 bridgehead atoms. The van der Waals surface area contributed by atoms with Gasteiger partial charge in [-0.15, -0.1) is 0 Å². The second kappa shape index (κ2) is 7.90. The van der Waals surface area contributed by atoms with Crippen molar-refractivity contribution < 1.29 is 13.7 Å². The van der Waals surface area contributed by atoms with E-state index in [9.17, 15) is 9.18 Å². The first-order valence-electron chi connectivity index (χ1n) is 7.75. The summed E-state index contributed by atoms with van der Waals surface area (Å²) in [6.45, 7) is 0. The Morgan fingerprint density at radius 3 is 2.76 bits per heavy atom. The van der Waals surface area contributed by atoms with Gasteiger partial charge in [0.2, 0.25) is 17.6 Å². The first kappa shape index (κ1) is 17.1. The third-order valence-corrected chi connectivity index (χ3v) is 3.79. The molecule has 0 unspecified atom stereocenters. The number of benzene rings is 2. The third kappa shape index (κ3) is 4.64. The van der Waals surface area contributed by atoms with Crippen LogP contribution in [-0.2, 0) is 11.2 Å². The van der Waals surface area contributed by atoms with Crippen LogP contribution in [0.3, 0.4) is 0 Å². The number of carbonyl (C=O) groups is 1. The molecular formula is C18H15ClFN3O2. The molecule has 25 heavy (non-hydrogen) atoms. The average Bonchev–Trinajstić information content (AvgIpc) is 3.08. The van der Waals surface area contributed by atoms with Crippen molar-refractivity contribution in [1.82, 2.24) is 10.1 Å². The summed E-state index contributed by atoms with van der Waals surface area (Å²) >= 11 is 5.68. The van der Waals surface area contributed by atoms with Crippen LogP contribution >= 0.6 is 11.6 Å². The maximum absolute atomic E-state index is 13.1. The highest BCUT2D eigenvalue weighted by Crippen LogP contribution is 2.20. The first-order valence-corrected chi connectivity index (χ1v) is 8.12. The van der Waals surface area contributed by atoms with Crippen LogP contribution in [0.1, 0.15) is 18.7 Å². The molecule has 0 radical (unpaired) electrons. The minimum atomic E-state index is -0.523. The van der Waals surface area contributed by atoms with E-state index in [-0.39, 0.29) is 17.4 Å². The van der Waals surface area contributed by atoms with Gasteiger partial charge in [-0.1, -0.05) is 47.1 Å². The number of nitrogens with zero attached hydrogens (tertiary/aromatic N) is 2. The van der Waals surface area contributed by atoms with Crippen molar-refractivity contribution in [3.8, 4) is 11.4 Å².